The number of nitrogens with zero attached hydrogens (tertiary/aromatic N) is 2. The van der Waals surface area contributed by atoms with Crippen LogP contribution in [0.4, 0.5) is 5.95 Å². The molecule has 1 aromatic heterocycles. The van der Waals surface area contributed by atoms with Gasteiger partial charge in [-0.3, -0.25) is 0 Å². The largest absolute Gasteiger partial charge is 0.369 e. The topological polar surface area (TPSA) is 78.0 Å². The minimum absolute atomic E-state index is 0.256. The van der Waals surface area contributed by atoms with E-state index in [-0.39, 0.29) is 4.90 Å². The SMILES string of the molecule is CC1CCCC1n1c(N)nc2c(S(C)(=O)=O)cccc21. The van der Waals surface area contributed by atoms with E-state index < -0.39 is 9.84 Å². The molecule has 2 unspecified atom stereocenters. The third-order valence-corrected chi connectivity index (χ3v) is 5.39. The van der Waals surface area contributed by atoms with Crippen molar-refractivity contribution in [2.45, 2.75) is 37.1 Å². The number of benzene rings is 1. The number of anilines is 1. The lowest BCUT2D eigenvalue weighted by atomic mass is 10.1. The number of nitrogen functional groups attached to an aromatic ring is 1. The van der Waals surface area contributed by atoms with Crippen LogP contribution >= 0.6 is 0 Å². The molecule has 1 heterocycles. The van der Waals surface area contributed by atoms with Crippen molar-refractivity contribution in [1.29, 1.82) is 0 Å². The molecule has 2 aromatic rings. The zero-order valence-electron chi connectivity index (χ0n) is 11.7. The standard InChI is InChI=1S/C14H19N3O2S/c1-9-5-3-6-10(9)17-11-7-4-8-12(20(2,18)19)13(11)16-14(17)15/h4,7-10H,3,5-6H2,1-2H3,(H2,15,16). The van der Waals surface area contributed by atoms with Crippen LogP contribution in [0.1, 0.15) is 32.2 Å². The molecule has 0 radical (unpaired) electrons. The van der Waals surface area contributed by atoms with Gasteiger partial charge in [-0.1, -0.05) is 19.4 Å². The van der Waals surface area contributed by atoms with Gasteiger partial charge < -0.3 is 10.3 Å². The van der Waals surface area contributed by atoms with Gasteiger partial charge in [0, 0.05) is 12.3 Å². The third kappa shape index (κ3) is 1.98. The maximum absolute atomic E-state index is 11.9. The number of nitrogens with two attached hydrogens (primary N) is 1. The van der Waals surface area contributed by atoms with Gasteiger partial charge in [0.2, 0.25) is 5.95 Å². The fraction of sp³-hybridized carbons (Fsp3) is 0.500. The maximum atomic E-state index is 11.9. The fourth-order valence-electron chi connectivity index (χ4n) is 3.27. The summed E-state index contributed by atoms with van der Waals surface area (Å²) in [6, 6.07) is 5.57. The van der Waals surface area contributed by atoms with E-state index in [9.17, 15) is 8.42 Å². The van der Waals surface area contributed by atoms with Gasteiger partial charge in [0.05, 0.1) is 10.4 Å². The Bertz CT molecular complexity index is 764. The summed E-state index contributed by atoms with van der Waals surface area (Å²) >= 11 is 0. The van der Waals surface area contributed by atoms with Crippen molar-refractivity contribution in [3.63, 3.8) is 0 Å². The van der Waals surface area contributed by atoms with Crippen LogP contribution < -0.4 is 5.73 Å². The van der Waals surface area contributed by atoms with Gasteiger partial charge in [0.1, 0.15) is 5.52 Å². The molecule has 20 heavy (non-hydrogen) atoms. The minimum atomic E-state index is -3.30. The lowest BCUT2D eigenvalue weighted by Crippen LogP contribution is -2.14. The van der Waals surface area contributed by atoms with Crippen molar-refractivity contribution in [3.8, 4) is 0 Å². The van der Waals surface area contributed by atoms with Crippen molar-refractivity contribution < 1.29 is 8.42 Å². The second kappa shape index (κ2) is 4.48. The first-order valence-electron chi connectivity index (χ1n) is 6.86. The Labute approximate surface area is 118 Å². The Hall–Kier alpha value is -1.56. The quantitative estimate of drug-likeness (QED) is 0.922. The molecule has 1 aliphatic rings. The predicted octanol–water partition coefficient (Wildman–Crippen LogP) is 2.38. The lowest BCUT2D eigenvalue weighted by Gasteiger charge is -2.19. The van der Waals surface area contributed by atoms with Gasteiger partial charge in [-0.25, -0.2) is 13.4 Å². The second-order valence-electron chi connectivity index (χ2n) is 5.71. The Morgan fingerprint density at radius 3 is 2.70 bits per heavy atom. The average molecular weight is 293 g/mol. The van der Waals surface area contributed by atoms with Gasteiger partial charge in [-0.15, -0.1) is 0 Å². The van der Waals surface area contributed by atoms with E-state index in [1.807, 2.05) is 10.6 Å². The summed E-state index contributed by atoms with van der Waals surface area (Å²) < 4.78 is 25.7. The van der Waals surface area contributed by atoms with Crippen LogP contribution in [0.2, 0.25) is 0 Å². The molecule has 0 amide bonds. The number of rotatable bonds is 2. The number of hydrogen-bond acceptors (Lipinski definition) is 4. The zero-order valence-corrected chi connectivity index (χ0v) is 12.5. The number of aromatic nitrogens is 2. The highest BCUT2D eigenvalue weighted by Crippen LogP contribution is 2.39. The van der Waals surface area contributed by atoms with E-state index in [2.05, 4.69) is 11.9 Å². The summed E-state index contributed by atoms with van der Waals surface area (Å²) in [5, 5.41) is 0. The Balaban J connectivity index is 2.27. The van der Waals surface area contributed by atoms with E-state index in [0.717, 1.165) is 11.9 Å². The van der Waals surface area contributed by atoms with Gasteiger partial charge in [0.25, 0.3) is 0 Å². The highest BCUT2D eigenvalue weighted by Gasteiger charge is 2.29. The number of sulfone groups is 1. The molecule has 3 rings (SSSR count). The molecular formula is C14H19N3O2S. The monoisotopic (exact) mass is 293 g/mol. The molecule has 0 bridgehead atoms. The minimum Gasteiger partial charge on any atom is -0.369 e. The van der Waals surface area contributed by atoms with Gasteiger partial charge in [-0.2, -0.15) is 0 Å². The summed E-state index contributed by atoms with van der Waals surface area (Å²) in [6.07, 6.45) is 4.63. The van der Waals surface area contributed by atoms with Crippen LogP contribution in [-0.4, -0.2) is 24.2 Å². The maximum Gasteiger partial charge on any atom is 0.201 e. The summed E-state index contributed by atoms with van der Waals surface area (Å²) in [6.45, 7) is 2.21. The normalized spacial score (nSPS) is 23.5. The highest BCUT2D eigenvalue weighted by molar-refractivity contribution is 7.91. The molecule has 0 spiro atoms. The Morgan fingerprint density at radius 2 is 2.10 bits per heavy atom. The van der Waals surface area contributed by atoms with Crippen LogP contribution in [-0.2, 0) is 9.84 Å². The molecule has 2 N–H and O–H groups in total. The molecule has 1 aliphatic carbocycles. The molecule has 1 fully saturated rings. The van der Waals surface area contributed by atoms with Gasteiger partial charge in [-0.05, 0) is 30.9 Å². The molecule has 0 saturated heterocycles. The number of para-hydroxylation sites is 1. The van der Waals surface area contributed by atoms with Crippen LogP contribution in [0.25, 0.3) is 11.0 Å². The summed E-state index contributed by atoms with van der Waals surface area (Å²) in [7, 11) is -3.30. The zero-order chi connectivity index (χ0) is 14.5. The Morgan fingerprint density at radius 1 is 1.35 bits per heavy atom. The van der Waals surface area contributed by atoms with Crippen molar-refractivity contribution in [2.75, 3.05) is 12.0 Å². The van der Waals surface area contributed by atoms with Crippen LogP contribution in [0, 0.1) is 5.92 Å². The van der Waals surface area contributed by atoms with Crippen molar-refractivity contribution in [1.82, 2.24) is 9.55 Å². The molecule has 0 aliphatic heterocycles. The fourth-order valence-corrected chi connectivity index (χ4v) is 4.09. The first-order chi connectivity index (χ1) is 9.39. The third-order valence-electron chi connectivity index (χ3n) is 4.26. The van der Waals surface area contributed by atoms with Crippen LogP contribution in [0.5, 0.6) is 0 Å². The number of fused-ring (bicyclic) bond motifs is 1. The number of imidazole rings is 1. The number of hydrogen-bond donors (Lipinski definition) is 1. The first-order valence-corrected chi connectivity index (χ1v) is 8.75. The van der Waals surface area contributed by atoms with E-state index in [1.165, 1.54) is 19.1 Å². The van der Waals surface area contributed by atoms with E-state index in [0.29, 0.717) is 23.4 Å². The first kappa shape index (κ1) is 13.4. The Kier molecular flexibility index (Phi) is 3.01. The van der Waals surface area contributed by atoms with E-state index >= 15 is 0 Å². The summed E-state index contributed by atoms with van der Waals surface area (Å²) in [4.78, 5) is 4.58. The molecule has 6 heteroatoms. The molecule has 1 aromatic carbocycles. The molecular weight excluding hydrogens is 274 g/mol. The summed E-state index contributed by atoms with van der Waals surface area (Å²) in [5.41, 5.74) is 7.38. The smallest absolute Gasteiger partial charge is 0.201 e. The molecule has 1 saturated carbocycles. The van der Waals surface area contributed by atoms with Crippen molar-refractivity contribution >= 4 is 26.8 Å². The van der Waals surface area contributed by atoms with Crippen LogP contribution in [0.3, 0.4) is 0 Å². The van der Waals surface area contributed by atoms with Crippen LogP contribution in [0.15, 0.2) is 23.1 Å². The molecule has 5 nitrogen and oxygen atoms in total. The van der Waals surface area contributed by atoms with Crippen molar-refractivity contribution in [3.05, 3.63) is 18.2 Å². The lowest BCUT2D eigenvalue weighted by molar-refractivity contribution is 0.421. The van der Waals surface area contributed by atoms with Crippen molar-refractivity contribution in [2.24, 2.45) is 5.92 Å². The highest BCUT2D eigenvalue weighted by atomic mass is 32.2. The molecule has 2 atom stereocenters. The van der Waals surface area contributed by atoms with Gasteiger partial charge >= 0.3 is 0 Å². The average Bonchev–Trinajstić information content (AvgIpc) is 2.89. The molecule has 108 valence electrons. The summed E-state index contributed by atoms with van der Waals surface area (Å²) in [5.74, 6) is 0.950. The van der Waals surface area contributed by atoms with E-state index in [4.69, 9.17) is 5.73 Å². The second-order valence-corrected chi connectivity index (χ2v) is 7.70. The van der Waals surface area contributed by atoms with Gasteiger partial charge in [0.15, 0.2) is 9.84 Å². The van der Waals surface area contributed by atoms with E-state index in [1.54, 1.807) is 12.1 Å². The predicted molar refractivity (Wildman–Crippen MR) is 79.3 cm³/mol.